The van der Waals surface area contributed by atoms with Crippen LogP contribution in [0, 0.1) is 38.5 Å². The first-order valence-electron chi connectivity index (χ1n) is 17.4. The standard InChI is InChI=1S/C18H24N2OS.C14H21NO.C7H14/c1-13-12-20(14(2)15(3)21)18-8-7-16(11-17(13)18)22-19-9-5-4-6-10-19;1-12-3-4-14(11-13(12)2)5-6-15-7-9-16-10-8-15;1-5-4-6(2)7(5)3/h7-8,11-12,14H,4-6,9-10H2,1-3H3;3-4,11H,5-10H2,1-2H3;5-7H,4H2,1-3H3. The molecule has 1 aliphatic carbocycles. The van der Waals surface area contributed by atoms with Crippen LogP contribution in [0.2, 0.25) is 0 Å². The summed E-state index contributed by atoms with van der Waals surface area (Å²) >= 11 is 1.87. The predicted octanol–water partition coefficient (Wildman–Crippen LogP) is 9.07. The number of hydrogen-bond donors (Lipinski definition) is 0. The van der Waals surface area contributed by atoms with Gasteiger partial charge in [-0.3, -0.25) is 9.69 Å². The van der Waals surface area contributed by atoms with E-state index in [9.17, 15) is 4.79 Å². The molecule has 1 aromatic heterocycles. The number of aryl methyl sites for hydroxylation is 3. The van der Waals surface area contributed by atoms with Crippen LogP contribution in [0.1, 0.15) is 88.6 Å². The topological polar surface area (TPSA) is 37.7 Å². The van der Waals surface area contributed by atoms with Crippen LogP contribution in [0.25, 0.3) is 10.9 Å². The minimum Gasteiger partial charge on any atom is -0.379 e. The van der Waals surface area contributed by atoms with Crippen LogP contribution in [-0.4, -0.2) is 65.5 Å². The molecule has 45 heavy (non-hydrogen) atoms. The number of hydrogen-bond acceptors (Lipinski definition) is 5. The number of aromatic nitrogens is 1. The molecule has 0 spiro atoms. The maximum absolute atomic E-state index is 11.7. The third kappa shape index (κ3) is 10.2. The summed E-state index contributed by atoms with van der Waals surface area (Å²) in [6.45, 7) is 24.6. The molecule has 248 valence electrons. The van der Waals surface area contributed by atoms with Crippen molar-refractivity contribution < 1.29 is 9.53 Å². The first-order chi connectivity index (χ1) is 21.5. The molecular weight excluding hydrogens is 575 g/mol. The smallest absolute Gasteiger partial charge is 0.152 e. The molecule has 2 aromatic carbocycles. The second-order valence-corrected chi connectivity index (χ2v) is 15.1. The zero-order valence-corrected chi connectivity index (χ0v) is 30.2. The summed E-state index contributed by atoms with van der Waals surface area (Å²) in [4.78, 5) is 15.5. The maximum atomic E-state index is 11.7. The van der Waals surface area contributed by atoms with E-state index in [1.54, 1.807) is 6.92 Å². The van der Waals surface area contributed by atoms with E-state index in [0.717, 1.165) is 62.5 Å². The molecule has 3 unspecified atom stereocenters. The van der Waals surface area contributed by atoms with Gasteiger partial charge in [-0.1, -0.05) is 45.4 Å². The normalized spacial score (nSPS) is 22.9. The molecule has 6 heteroatoms. The summed E-state index contributed by atoms with van der Waals surface area (Å²) in [5.74, 6) is 3.22. The van der Waals surface area contributed by atoms with Crippen molar-refractivity contribution in [1.29, 1.82) is 0 Å². The number of benzene rings is 2. The summed E-state index contributed by atoms with van der Waals surface area (Å²) in [5, 5.41) is 1.26. The molecule has 2 aliphatic heterocycles. The Hall–Kier alpha value is -2.12. The molecule has 0 N–H and O–H groups in total. The molecule has 0 bridgehead atoms. The van der Waals surface area contributed by atoms with Gasteiger partial charge in [-0.15, -0.1) is 0 Å². The zero-order chi connectivity index (χ0) is 32.5. The minimum absolute atomic E-state index is 0.100. The van der Waals surface area contributed by atoms with Crippen LogP contribution in [0.4, 0.5) is 0 Å². The number of morpholine rings is 1. The second-order valence-electron chi connectivity index (χ2n) is 13.9. The van der Waals surface area contributed by atoms with Crippen molar-refractivity contribution in [1.82, 2.24) is 13.8 Å². The van der Waals surface area contributed by atoms with Crippen molar-refractivity contribution in [3.63, 3.8) is 0 Å². The Balaban J connectivity index is 0.000000174. The van der Waals surface area contributed by atoms with Gasteiger partial charge < -0.3 is 9.30 Å². The average Bonchev–Trinajstić information content (AvgIpc) is 3.38. The first-order valence-corrected chi connectivity index (χ1v) is 18.2. The molecule has 1 saturated carbocycles. The largest absolute Gasteiger partial charge is 0.379 e. The molecule has 6 rings (SSSR count). The fourth-order valence-corrected chi connectivity index (χ4v) is 7.57. The average molecular weight is 634 g/mol. The highest BCUT2D eigenvalue weighted by molar-refractivity contribution is 7.97. The molecule has 3 aliphatic rings. The Morgan fingerprint density at radius 2 is 1.58 bits per heavy atom. The summed E-state index contributed by atoms with van der Waals surface area (Å²) < 4.78 is 9.91. The highest BCUT2D eigenvalue weighted by Gasteiger charge is 2.29. The third-order valence-corrected chi connectivity index (χ3v) is 11.6. The number of fused-ring (bicyclic) bond motifs is 1. The molecule has 2 saturated heterocycles. The lowest BCUT2D eigenvalue weighted by Crippen LogP contribution is -2.37. The Morgan fingerprint density at radius 3 is 2.16 bits per heavy atom. The predicted molar refractivity (Wildman–Crippen MR) is 192 cm³/mol. The quantitative estimate of drug-likeness (QED) is 0.243. The molecule has 3 heterocycles. The number of carbonyl (C=O) groups is 1. The van der Waals surface area contributed by atoms with Crippen molar-refractivity contribution in [3.05, 3.63) is 64.8 Å². The number of ketones is 1. The van der Waals surface area contributed by atoms with Crippen LogP contribution in [0.5, 0.6) is 0 Å². The Kier molecular flexibility index (Phi) is 13.6. The van der Waals surface area contributed by atoms with Gasteiger partial charge in [0.05, 0.1) is 19.3 Å². The van der Waals surface area contributed by atoms with E-state index in [4.69, 9.17) is 4.74 Å². The second kappa shape index (κ2) is 17.2. The number of carbonyl (C=O) groups excluding carboxylic acids is 1. The fraction of sp³-hybridized carbons (Fsp3) is 0.615. The van der Waals surface area contributed by atoms with Crippen molar-refractivity contribution in [2.75, 3.05) is 45.9 Å². The summed E-state index contributed by atoms with van der Waals surface area (Å²) in [5.41, 5.74) is 6.64. The van der Waals surface area contributed by atoms with Gasteiger partial charge in [0.25, 0.3) is 0 Å². The molecule has 3 fully saturated rings. The first kappa shape index (κ1) is 35.7. The number of rotatable bonds is 7. The van der Waals surface area contributed by atoms with Gasteiger partial charge in [-0.05, 0) is 130 Å². The molecular formula is C39H59N3O2S. The zero-order valence-electron chi connectivity index (χ0n) is 29.4. The third-order valence-electron chi connectivity index (χ3n) is 10.5. The van der Waals surface area contributed by atoms with Gasteiger partial charge in [-0.25, -0.2) is 4.31 Å². The van der Waals surface area contributed by atoms with Crippen molar-refractivity contribution >= 4 is 28.6 Å². The van der Waals surface area contributed by atoms with E-state index in [1.165, 1.54) is 71.3 Å². The lowest BCUT2D eigenvalue weighted by atomic mass is 9.68. The van der Waals surface area contributed by atoms with Gasteiger partial charge in [0, 0.05) is 54.7 Å². The highest BCUT2D eigenvalue weighted by Crippen LogP contribution is 2.38. The molecule has 3 aromatic rings. The molecule has 5 nitrogen and oxygen atoms in total. The van der Waals surface area contributed by atoms with E-state index in [-0.39, 0.29) is 11.8 Å². The van der Waals surface area contributed by atoms with E-state index in [1.807, 2.05) is 18.9 Å². The number of nitrogens with zero attached hydrogens (tertiary/aromatic N) is 3. The van der Waals surface area contributed by atoms with Crippen molar-refractivity contribution in [3.8, 4) is 0 Å². The molecule has 3 atom stereocenters. The Morgan fingerprint density at radius 1 is 0.889 bits per heavy atom. The summed E-state index contributed by atoms with van der Waals surface area (Å²) in [6.07, 6.45) is 8.69. The monoisotopic (exact) mass is 633 g/mol. The van der Waals surface area contributed by atoms with Crippen LogP contribution in [-0.2, 0) is 16.0 Å². The molecule has 0 amide bonds. The van der Waals surface area contributed by atoms with Crippen molar-refractivity contribution in [2.45, 2.75) is 98.4 Å². The van der Waals surface area contributed by atoms with Gasteiger partial charge in [0.15, 0.2) is 5.78 Å². The Labute approximate surface area is 278 Å². The van der Waals surface area contributed by atoms with Gasteiger partial charge in [-0.2, -0.15) is 0 Å². The summed E-state index contributed by atoms with van der Waals surface area (Å²) in [6, 6.07) is 13.3. The summed E-state index contributed by atoms with van der Waals surface area (Å²) in [7, 11) is 0. The maximum Gasteiger partial charge on any atom is 0.152 e. The van der Waals surface area contributed by atoms with Gasteiger partial charge in [0.2, 0.25) is 0 Å². The fourth-order valence-electron chi connectivity index (χ4n) is 6.53. The Bertz CT molecular complexity index is 1360. The van der Waals surface area contributed by atoms with Crippen LogP contribution >= 0.6 is 11.9 Å². The van der Waals surface area contributed by atoms with Crippen LogP contribution in [0.3, 0.4) is 0 Å². The van der Waals surface area contributed by atoms with E-state index < -0.39 is 0 Å². The van der Waals surface area contributed by atoms with Crippen molar-refractivity contribution in [2.24, 2.45) is 17.8 Å². The van der Waals surface area contributed by atoms with E-state index >= 15 is 0 Å². The van der Waals surface area contributed by atoms with Gasteiger partial charge in [0.1, 0.15) is 0 Å². The van der Waals surface area contributed by atoms with E-state index in [2.05, 4.69) is 97.9 Å². The number of Topliss-reactive ketones (excluding diaryl/α,β-unsaturated/α-hetero) is 1. The minimum atomic E-state index is -0.100. The van der Waals surface area contributed by atoms with Gasteiger partial charge >= 0.3 is 0 Å². The lowest BCUT2D eigenvalue weighted by molar-refractivity contribution is -0.119. The number of piperidine rings is 1. The van der Waals surface area contributed by atoms with Crippen LogP contribution in [0.15, 0.2) is 47.5 Å². The highest BCUT2D eigenvalue weighted by atomic mass is 32.2. The van der Waals surface area contributed by atoms with Crippen LogP contribution < -0.4 is 0 Å². The SMILES string of the molecule is CC(=O)C(C)n1cc(C)c2cc(SN3CCCCC3)ccc21.CC1CC(C)C1C.Cc1ccc(CCN2CCOCC2)cc1C. The van der Waals surface area contributed by atoms with E-state index in [0.29, 0.717) is 0 Å². The molecule has 0 radical (unpaired) electrons. The lowest BCUT2D eigenvalue weighted by Gasteiger charge is -2.38. The number of ether oxygens (including phenoxy) is 1.